The second-order valence-electron chi connectivity index (χ2n) is 6.38. The van der Waals surface area contributed by atoms with Crippen LogP contribution in [0.2, 0.25) is 0 Å². The summed E-state index contributed by atoms with van der Waals surface area (Å²) in [5.74, 6) is 0.480. The number of rotatable bonds is 5. The Kier molecular flexibility index (Phi) is 5.17. The summed E-state index contributed by atoms with van der Waals surface area (Å²) in [7, 11) is 0. The molecule has 0 aliphatic carbocycles. The van der Waals surface area contributed by atoms with E-state index in [9.17, 15) is 0 Å². The SMILES string of the molecule is Cc1ccc(C(NC(C)C)c2nc(C(C)C)cs2)c(C)c1. The van der Waals surface area contributed by atoms with Gasteiger partial charge in [0.15, 0.2) is 0 Å². The van der Waals surface area contributed by atoms with Gasteiger partial charge in [-0.2, -0.15) is 0 Å². The highest BCUT2D eigenvalue weighted by Crippen LogP contribution is 2.30. The Bertz CT molecular complexity index is 599. The first-order valence-electron chi connectivity index (χ1n) is 7.67. The number of nitrogens with zero attached hydrogens (tertiary/aromatic N) is 1. The molecule has 1 aromatic carbocycles. The lowest BCUT2D eigenvalue weighted by Crippen LogP contribution is -2.29. The molecule has 1 unspecified atom stereocenters. The standard InChI is InChI=1S/C18H26N2S/c1-11(2)16-10-21-18(20-16)17(19-12(3)4)15-8-7-13(5)9-14(15)6/h7-12,17,19H,1-6H3. The van der Waals surface area contributed by atoms with Crippen molar-refractivity contribution in [1.82, 2.24) is 10.3 Å². The summed E-state index contributed by atoms with van der Waals surface area (Å²) >= 11 is 1.76. The van der Waals surface area contributed by atoms with Gasteiger partial charge in [0.25, 0.3) is 0 Å². The molecule has 1 heterocycles. The maximum atomic E-state index is 4.86. The van der Waals surface area contributed by atoms with Crippen LogP contribution >= 0.6 is 11.3 Å². The second-order valence-corrected chi connectivity index (χ2v) is 7.27. The van der Waals surface area contributed by atoms with Crippen molar-refractivity contribution in [3.8, 4) is 0 Å². The van der Waals surface area contributed by atoms with Crippen LogP contribution in [0.4, 0.5) is 0 Å². The smallest absolute Gasteiger partial charge is 0.114 e. The molecule has 21 heavy (non-hydrogen) atoms. The highest BCUT2D eigenvalue weighted by molar-refractivity contribution is 7.09. The van der Waals surface area contributed by atoms with Crippen molar-refractivity contribution in [3.05, 3.63) is 51.0 Å². The van der Waals surface area contributed by atoms with E-state index >= 15 is 0 Å². The van der Waals surface area contributed by atoms with E-state index < -0.39 is 0 Å². The molecule has 0 saturated heterocycles. The number of aromatic nitrogens is 1. The van der Waals surface area contributed by atoms with E-state index in [1.807, 2.05) is 0 Å². The number of hydrogen-bond donors (Lipinski definition) is 1. The molecule has 1 aromatic heterocycles. The van der Waals surface area contributed by atoms with Crippen LogP contribution in [-0.4, -0.2) is 11.0 Å². The molecule has 2 aromatic rings. The van der Waals surface area contributed by atoms with Crippen LogP contribution < -0.4 is 5.32 Å². The molecule has 1 N–H and O–H groups in total. The van der Waals surface area contributed by atoms with Gasteiger partial charge in [-0.1, -0.05) is 37.6 Å². The fourth-order valence-electron chi connectivity index (χ4n) is 2.48. The molecule has 3 heteroatoms. The lowest BCUT2D eigenvalue weighted by molar-refractivity contribution is 0.524. The molecule has 0 fully saturated rings. The van der Waals surface area contributed by atoms with Gasteiger partial charge < -0.3 is 5.32 Å². The second kappa shape index (κ2) is 6.71. The highest BCUT2D eigenvalue weighted by Gasteiger charge is 2.21. The topological polar surface area (TPSA) is 24.9 Å². The van der Waals surface area contributed by atoms with Crippen molar-refractivity contribution >= 4 is 11.3 Å². The Morgan fingerprint density at radius 3 is 2.33 bits per heavy atom. The summed E-state index contributed by atoms with van der Waals surface area (Å²) < 4.78 is 0. The van der Waals surface area contributed by atoms with E-state index in [4.69, 9.17) is 4.98 Å². The van der Waals surface area contributed by atoms with Crippen molar-refractivity contribution in [1.29, 1.82) is 0 Å². The van der Waals surface area contributed by atoms with Gasteiger partial charge in [-0.3, -0.25) is 0 Å². The number of nitrogens with one attached hydrogen (secondary N) is 1. The Morgan fingerprint density at radius 1 is 1.10 bits per heavy atom. The Balaban J connectivity index is 2.41. The predicted octanol–water partition coefficient (Wildman–Crippen LogP) is 4.97. The molecule has 0 spiro atoms. The molecule has 0 amide bonds. The summed E-state index contributed by atoms with van der Waals surface area (Å²) in [6.07, 6.45) is 0. The Labute approximate surface area is 132 Å². The molecular formula is C18H26N2S. The van der Waals surface area contributed by atoms with Crippen LogP contribution in [0.15, 0.2) is 23.6 Å². The van der Waals surface area contributed by atoms with Crippen LogP contribution in [0.3, 0.4) is 0 Å². The minimum atomic E-state index is 0.183. The predicted molar refractivity (Wildman–Crippen MR) is 92.2 cm³/mol. The lowest BCUT2D eigenvalue weighted by Gasteiger charge is -2.22. The van der Waals surface area contributed by atoms with E-state index in [1.165, 1.54) is 27.4 Å². The third-order valence-corrected chi connectivity index (χ3v) is 4.54. The van der Waals surface area contributed by atoms with E-state index in [1.54, 1.807) is 11.3 Å². The monoisotopic (exact) mass is 302 g/mol. The molecular weight excluding hydrogens is 276 g/mol. The van der Waals surface area contributed by atoms with Gasteiger partial charge in [-0.05, 0) is 44.7 Å². The van der Waals surface area contributed by atoms with Crippen LogP contribution in [0.1, 0.15) is 67.0 Å². The van der Waals surface area contributed by atoms with E-state index in [0.717, 1.165) is 0 Å². The zero-order chi connectivity index (χ0) is 15.6. The van der Waals surface area contributed by atoms with E-state index in [-0.39, 0.29) is 6.04 Å². The van der Waals surface area contributed by atoms with Crippen molar-refractivity contribution in [3.63, 3.8) is 0 Å². The van der Waals surface area contributed by atoms with Gasteiger partial charge in [0, 0.05) is 11.4 Å². The Morgan fingerprint density at radius 2 is 1.81 bits per heavy atom. The van der Waals surface area contributed by atoms with Gasteiger partial charge in [0.2, 0.25) is 0 Å². The minimum Gasteiger partial charge on any atom is -0.302 e. The Hall–Kier alpha value is -1.19. The first-order valence-corrected chi connectivity index (χ1v) is 8.55. The van der Waals surface area contributed by atoms with Gasteiger partial charge >= 0.3 is 0 Å². The molecule has 0 radical (unpaired) electrons. The minimum absolute atomic E-state index is 0.183. The molecule has 114 valence electrons. The van der Waals surface area contributed by atoms with Crippen molar-refractivity contribution in [2.75, 3.05) is 0 Å². The normalized spacial score (nSPS) is 13.1. The zero-order valence-electron chi connectivity index (χ0n) is 13.9. The van der Waals surface area contributed by atoms with Crippen LogP contribution in [0.25, 0.3) is 0 Å². The molecule has 0 aliphatic heterocycles. The van der Waals surface area contributed by atoms with Crippen LogP contribution in [0, 0.1) is 13.8 Å². The maximum Gasteiger partial charge on any atom is 0.114 e. The number of benzene rings is 1. The van der Waals surface area contributed by atoms with E-state index in [0.29, 0.717) is 12.0 Å². The van der Waals surface area contributed by atoms with Crippen molar-refractivity contribution in [2.24, 2.45) is 0 Å². The number of thiazole rings is 1. The number of hydrogen-bond acceptors (Lipinski definition) is 3. The molecule has 0 bridgehead atoms. The average Bonchev–Trinajstić information content (AvgIpc) is 2.85. The average molecular weight is 302 g/mol. The zero-order valence-corrected chi connectivity index (χ0v) is 14.7. The summed E-state index contributed by atoms with van der Waals surface area (Å²) in [6, 6.07) is 7.28. The third kappa shape index (κ3) is 3.92. The van der Waals surface area contributed by atoms with E-state index in [2.05, 4.69) is 70.4 Å². The first kappa shape index (κ1) is 16.2. The van der Waals surface area contributed by atoms with Gasteiger partial charge in [0.05, 0.1) is 11.7 Å². The van der Waals surface area contributed by atoms with Crippen LogP contribution in [0.5, 0.6) is 0 Å². The number of aryl methyl sites for hydroxylation is 2. The van der Waals surface area contributed by atoms with Crippen molar-refractivity contribution in [2.45, 2.75) is 59.5 Å². The highest BCUT2D eigenvalue weighted by atomic mass is 32.1. The summed E-state index contributed by atoms with van der Waals surface area (Å²) in [5, 5.41) is 7.03. The van der Waals surface area contributed by atoms with Gasteiger partial charge in [0.1, 0.15) is 5.01 Å². The van der Waals surface area contributed by atoms with Crippen LogP contribution in [-0.2, 0) is 0 Å². The first-order chi connectivity index (χ1) is 9.88. The third-order valence-electron chi connectivity index (χ3n) is 3.61. The van der Waals surface area contributed by atoms with Gasteiger partial charge in [-0.15, -0.1) is 11.3 Å². The van der Waals surface area contributed by atoms with Gasteiger partial charge in [-0.25, -0.2) is 4.98 Å². The lowest BCUT2D eigenvalue weighted by atomic mass is 9.99. The largest absolute Gasteiger partial charge is 0.302 e. The fraction of sp³-hybridized carbons (Fsp3) is 0.500. The molecule has 0 saturated carbocycles. The quantitative estimate of drug-likeness (QED) is 0.843. The molecule has 1 atom stereocenters. The molecule has 2 nitrogen and oxygen atoms in total. The summed E-state index contributed by atoms with van der Waals surface area (Å²) in [4.78, 5) is 4.86. The fourth-order valence-corrected chi connectivity index (χ4v) is 3.53. The molecule has 0 aliphatic rings. The summed E-state index contributed by atoms with van der Waals surface area (Å²) in [5.41, 5.74) is 5.16. The summed E-state index contributed by atoms with van der Waals surface area (Å²) in [6.45, 7) is 13.1. The maximum absolute atomic E-state index is 4.86. The van der Waals surface area contributed by atoms with Crippen molar-refractivity contribution < 1.29 is 0 Å². The molecule has 2 rings (SSSR count).